The van der Waals surface area contributed by atoms with Crippen LogP contribution < -0.4 is 0 Å². The number of carbonyl (C=O) groups excluding carboxylic acids is 1. The van der Waals surface area contributed by atoms with Crippen molar-refractivity contribution < 1.29 is 14.7 Å². The minimum atomic E-state index is -0.777. The van der Waals surface area contributed by atoms with Crippen LogP contribution in [0, 0.1) is 5.92 Å². The number of likely N-dealkylation sites (tertiary alicyclic amines) is 1. The zero-order chi connectivity index (χ0) is 14.4. The summed E-state index contributed by atoms with van der Waals surface area (Å²) >= 11 is 1.76. The van der Waals surface area contributed by atoms with Crippen molar-refractivity contribution in [2.24, 2.45) is 5.92 Å². The lowest BCUT2D eigenvalue weighted by molar-refractivity contribution is -0.145. The molecule has 1 aliphatic heterocycles. The molecule has 0 saturated carbocycles. The van der Waals surface area contributed by atoms with Gasteiger partial charge < -0.3 is 10.0 Å². The zero-order valence-corrected chi connectivity index (χ0v) is 12.1. The third-order valence-electron chi connectivity index (χ3n) is 3.32. The molecule has 0 bridgehead atoms. The SMILES string of the molecule is O=C(O)CC1CN(C(=O)CCCSc2ccccc2)C1. The van der Waals surface area contributed by atoms with Crippen molar-refractivity contribution in [1.82, 2.24) is 4.90 Å². The van der Waals surface area contributed by atoms with E-state index in [9.17, 15) is 9.59 Å². The van der Waals surface area contributed by atoms with Gasteiger partial charge in [0.05, 0.1) is 6.42 Å². The van der Waals surface area contributed by atoms with Crippen LogP contribution in [-0.2, 0) is 9.59 Å². The molecule has 0 radical (unpaired) electrons. The number of carboxylic acids is 1. The number of hydrogen-bond acceptors (Lipinski definition) is 3. The van der Waals surface area contributed by atoms with E-state index in [1.807, 2.05) is 18.2 Å². The third-order valence-corrected chi connectivity index (χ3v) is 4.42. The van der Waals surface area contributed by atoms with Crippen LogP contribution in [0.15, 0.2) is 35.2 Å². The summed E-state index contributed by atoms with van der Waals surface area (Å²) in [6.07, 6.45) is 1.59. The number of aliphatic carboxylic acids is 1. The standard InChI is InChI=1S/C15H19NO3S/c17-14(16-10-12(11-16)9-15(18)19)7-4-8-20-13-5-2-1-3-6-13/h1-3,5-6,12H,4,7-11H2,(H,18,19). The van der Waals surface area contributed by atoms with Gasteiger partial charge in [-0.1, -0.05) is 18.2 Å². The highest BCUT2D eigenvalue weighted by atomic mass is 32.2. The van der Waals surface area contributed by atoms with Crippen LogP contribution in [0.5, 0.6) is 0 Å². The van der Waals surface area contributed by atoms with Gasteiger partial charge in [0.1, 0.15) is 0 Å². The van der Waals surface area contributed by atoms with Gasteiger partial charge in [0, 0.05) is 30.3 Å². The third kappa shape index (κ3) is 4.56. The number of amides is 1. The van der Waals surface area contributed by atoms with Gasteiger partial charge in [-0.25, -0.2) is 0 Å². The molecule has 0 atom stereocenters. The summed E-state index contributed by atoms with van der Waals surface area (Å²) in [6.45, 7) is 1.22. The van der Waals surface area contributed by atoms with Gasteiger partial charge in [0.25, 0.3) is 0 Å². The Morgan fingerprint density at radius 1 is 1.25 bits per heavy atom. The molecule has 4 nitrogen and oxygen atoms in total. The second kappa shape index (κ2) is 7.33. The van der Waals surface area contributed by atoms with E-state index in [4.69, 9.17) is 5.11 Å². The molecule has 1 fully saturated rings. The second-order valence-electron chi connectivity index (χ2n) is 5.03. The highest BCUT2D eigenvalue weighted by Gasteiger charge is 2.31. The number of thioether (sulfide) groups is 1. The van der Waals surface area contributed by atoms with Gasteiger partial charge in [-0.15, -0.1) is 11.8 Å². The van der Waals surface area contributed by atoms with Crippen LogP contribution in [0.1, 0.15) is 19.3 Å². The molecular weight excluding hydrogens is 274 g/mol. The predicted molar refractivity (Wildman–Crippen MR) is 78.7 cm³/mol. The number of benzene rings is 1. The van der Waals surface area contributed by atoms with E-state index >= 15 is 0 Å². The molecule has 5 heteroatoms. The summed E-state index contributed by atoms with van der Waals surface area (Å²) in [5, 5.41) is 8.65. The highest BCUT2D eigenvalue weighted by molar-refractivity contribution is 7.99. The van der Waals surface area contributed by atoms with E-state index in [2.05, 4.69) is 12.1 Å². The molecule has 1 N–H and O–H groups in total. The van der Waals surface area contributed by atoms with Gasteiger partial charge >= 0.3 is 5.97 Å². The van der Waals surface area contributed by atoms with Gasteiger partial charge in [-0.05, 0) is 24.3 Å². The molecule has 0 aliphatic carbocycles. The number of carbonyl (C=O) groups is 2. The maximum Gasteiger partial charge on any atom is 0.303 e. The lowest BCUT2D eigenvalue weighted by atomic mass is 9.96. The molecule has 1 amide bonds. The van der Waals surface area contributed by atoms with Crippen molar-refractivity contribution in [3.8, 4) is 0 Å². The monoisotopic (exact) mass is 293 g/mol. The fourth-order valence-corrected chi connectivity index (χ4v) is 3.11. The van der Waals surface area contributed by atoms with Crippen molar-refractivity contribution in [3.63, 3.8) is 0 Å². The summed E-state index contributed by atoms with van der Waals surface area (Å²) in [5.41, 5.74) is 0. The lowest BCUT2D eigenvalue weighted by Crippen LogP contribution is -2.50. The first-order valence-electron chi connectivity index (χ1n) is 6.82. The van der Waals surface area contributed by atoms with E-state index in [0.29, 0.717) is 19.5 Å². The first kappa shape index (κ1) is 14.9. The summed E-state index contributed by atoms with van der Waals surface area (Å²) in [6, 6.07) is 10.1. The highest BCUT2D eigenvalue weighted by Crippen LogP contribution is 2.22. The summed E-state index contributed by atoms with van der Waals surface area (Å²) in [7, 11) is 0. The molecule has 1 saturated heterocycles. The largest absolute Gasteiger partial charge is 0.481 e. The number of hydrogen-bond donors (Lipinski definition) is 1. The van der Waals surface area contributed by atoms with E-state index in [0.717, 1.165) is 12.2 Å². The fourth-order valence-electron chi connectivity index (χ4n) is 2.24. The van der Waals surface area contributed by atoms with Crippen LogP contribution in [0.4, 0.5) is 0 Å². The Morgan fingerprint density at radius 3 is 2.60 bits per heavy atom. The predicted octanol–water partition coefficient (Wildman–Crippen LogP) is 2.49. The average molecular weight is 293 g/mol. The average Bonchev–Trinajstić information content (AvgIpc) is 2.39. The molecular formula is C15H19NO3S. The van der Waals surface area contributed by atoms with Crippen molar-refractivity contribution in [2.75, 3.05) is 18.8 Å². The first-order chi connectivity index (χ1) is 9.65. The topological polar surface area (TPSA) is 57.6 Å². The van der Waals surface area contributed by atoms with Crippen LogP contribution in [-0.4, -0.2) is 40.7 Å². The molecule has 1 aliphatic rings. The molecule has 2 rings (SSSR count). The Bertz CT molecular complexity index is 457. The molecule has 1 heterocycles. The van der Waals surface area contributed by atoms with Crippen LogP contribution in [0.25, 0.3) is 0 Å². The summed E-state index contributed by atoms with van der Waals surface area (Å²) < 4.78 is 0. The number of nitrogens with zero attached hydrogens (tertiary/aromatic N) is 1. The molecule has 0 unspecified atom stereocenters. The molecule has 1 aromatic rings. The number of carboxylic acid groups (broad SMARTS) is 1. The summed E-state index contributed by atoms with van der Waals surface area (Å²) in [5.74, 6) is 0.458. The lowest BCUT2D eigenvalue weighted by Gasteiger charge is -2.38. The molecule has 0 spiro atoms. The van der Waals surface area contributed by atoms with Crippen molar-refractivity contribution >= 4 is 23.6 Å². The Balaban J connectivity index is 1.56. The van der Waals surface area contributed by atoms with E-state index < -0.39 is 5.97 Å². The zero-order valence-electron chi connectivity index (χ0n) is 11.3. The van der Waals surface area contributed by atoms with E-state index in [-0.39, 0.29) is 18.2 Å². The maximum absolute atomic E-state index is 11.8. The second-order valence-corrected chi connectivity index (χ2v) is 6.20. The summed E-state index contributed by atoms with van der Waals surface area (Å²) in [4.78, 5) is 25.3. The Labute approximate surface area is 123 Å². The Hall–Kier alpha value is -1.49. The Morgan fingerprint density at radius 2 is 1.95 bits per heavy atom. The van der Waals surface area contributed by atoms with Crippen molar-refractivity contribution in [2.45, 2.75) is 24.2 Å². The van der Waals surface area contributed by atoms with Gasteiger partial charge in [-0.3, -0.25) is 9.59 Å². The quantitative estimate of drug-likeness (QED) is 0.620. The smallest absolute Gasteiger partial charge is 0.303 e. The van der Waals surface area contributed by atoms with Gasteiger partial charge in [-0.2, -0.15) is 0 Å². The molecule has 20 heavy (non-hydrogen) atoms. The normalized spacial score (nSPS) is 14.9. The van der Waals surface area contributed by atoms with E-state index in [1.165, 1.54) is 4.90 Å². The minimum Gasteiger partial charge on any atom is -0.481 e. The number of rotatable bonds is 7. The fraction of sp³-hybridized carbons (Fsp3) is 0.467. The van der Waals surface area contributed by atoms with Crippen molar-refractivity contribution in [1.29, 1.82) is 0 Å². The van der Waals surface area contributed by atoms with E-state index in [1.54, 1.807) is 16.7 Å². The van der Waals surface area contributed by atoms with Crippen molar-refractivity contribution in [3.05, 3.63) is 30.3 Å². The maximum atomic E-state index is 11.8. The Kier molecular flexibility index (Phi) is 5.47. The molecule has 1 aromatic carbocycles. The first-order valence-corrected chi connectivity index (χ1v) is 7.81. The van der Waals surface area contributed by atoms with Gasteiger partial charge in [0.15, 0.2) is 0 Å². The van der Waals surface area contributed by atoms with Gasteiger partial charge in [0.2, 0.25) is 5.91 Å². The minimum absolute atomic E-state index is 0.148. The van der Waals surface area contributed by atoms with Crippen LogP contribution in [0.3, 0.4) is 0 Å². The van der Waals surface area contributed by atoms with Crippen LogP contribution >= 0.6 is 11.8 Å². The van der Waals surface area contributed by atoms with Crippen LogP contribution in [0.2, 0.25) is 0 Å². The molecule has 0 aromatic heterocycles. The molecule has 108 valence electrons.